The number of carbonyl (C=O) groups excluding carboxylic acids is 2. The fourth-order valence-corrected chi connectivity index (χ4v) is 1.56. The first-order valence-corrected chi connectivity index (χ1v) is 6.38. The third-order valence-corrected chi connectivity index (χ3v) is 2.60. The van der Waals surface area contributed by atoms with Gasteiger partial charge in [-0.2, -0.15) is 0 Å². The summed E-state index contributed by atoms with van der Waals surface area (Å²) in [6.45, 7) is 1.21. The Morgan fingerprint density at radius 2 is 1.70 bits per heavy atom. The molecule has 0 atom stereocenters. The molecule has 0 aliphatic carbocycles. The Bertz CT molecular complexity index is 435. The molecule has 0 saturated heterocycles. The third-order valence-electron chi connectivity index (χ3n) is 2.60. The van der Waals surface area contributed by atoms with E-state index in [1.807, 2.05) is 0 Å². The van der Waals surface area contributed by atoms with Crippen LogP contribution in [0.4, 0.5) is 4.39 Å². The zero-order valence-electron chi connectivity index (χ0n) is 11.4. The van der Waals surface area contributed by atoms with Crippen molar-refractivity contribution in [2.24, 2.45) is 0 Å². The first-order chi connectivity index (χ1) is 9.61. The smallest absolute Gasteiger partial charge is 0.229 e. The minimum atomic E-state index is -0.332. The molecule has 0 aliphatic rings. The minimum absolute atomic E-state index is 0.201. The van der Waals surface area contributed by atoms with Gasteiger partial charge in [0.15, 0.2) is 0 Å². The average molecular weight is 282 g/mol. The number of benzene rings is 1. The van der Waals surface area contributed by atoms with Crippen molar-refractivity contribution in [1.29, 1.82) is 0 Å². The average Bonchev–Trinajstić information content (AvgIpc) is 2.41. The van der Waals surface area contributed by atoms with E-state index in [1.165, 1.54) is 19.2 Å². The van der Waals surface area contributed by atoms with Gasteiger partial charge in [-0.05, 0) is 24.1 Å². The Hall–Kier alpha value is -1.95. The number of rotatable bonds is 8. The van der Waals surface area contributed by atoms with Gasteiger partial charge < -0.3 is 15.4 Å². The van der Waals surface area contributed by atoms with Gasteiger partial charge in [0.05, 0.1) is 6.61 Å². The summed E-state index contributed by atoms with van der Waals surface area (Å²) < 4.78 is 17.5. The van der Waals surface area contributed by atoms with E-state index in [2.05, 4.69) is 10.6 Å². The maximum atomic E-state index is 12.7. The van der Waals surface area contributed by atoms with Crippen LogP contribution in [0.3, 0.4) is 0 Å². The Morgan fingerprint density at radius 1 is 1.10 bits per heavy atom. The fraction of sp³-hybridized carbons (Fsp3) is 0.429. The van der Waals surface area contributed by atoms with Crippen molar-refractivity contribution in [3.63, 3.8) is 0 Å². The monoisotopic (exact) mass is 282 g/mol. The molecule has 6 heteroatoms. The van der Waals surface area contributed by atoms with Gasteiger partial charge in [-0.15, -0.1) is 0 Å². The largest absolute Gasteiger partial charge is 0.383 e. The topological polar surface area (TPSA) is 67.4 Å². The number of halogens is 1. The van der Waals surface area contributed by atoms with Crippen LogP contribution in [0, 0.1) is 5.82 Å². The van der Waals surface area contributed by atoms with Crippen molar-refractivity contribution in [2.45, 2.75) is 12.8 Å². The predicted octanol–water partition coefficient (Wildman–Crippen LogP) is 0.637. The second kappa shape index (κ2) is 9.03. The molecule has 0 spiro atoms. The van der Waals surface area contributed by atoms with Crippen LogP contribution in [0.25, 0.3) is 0 Å². The second-order valence-electron chi connectivity index (χ2n) is 4.25. The normalized spacial score (nSPS) is 10.1. The van der Waals surface area contributed by atoms with E-state index in [0.29, 0.717) is 26.1 Å². The van der Waals surface area contributed by atoms with Gasteiger partial charge in [0.1, 0.15) is 12.2 Å². The van der Waals surface area contributed by atoms with Crippen molar-refractivity contribution in [3.05, 3.63) is 35.6 Å². The van der Waals surface area contributed by atoms with Gasteiger partial charge in [0.2, 0.25) is 11.8 Å². The minimum Gasteiger partial charge on any atom is -0.383 e. The van der Waals surface area contributed by atoms with Crippen LogP contribution >= 0.6 is 0 Å². The molecule has 20 heavy (non-hydrogen) atoms. The number of ether oxygens (including phenoxy) is 1. The van der Waals surface area contributed by atoms with E-state index < -0.39 is 0 Å². The van der Waals surface area contributed by atoms with Crippen LogP contribution < -0.4 is 10.6 Å². The summed E-state index contributed by atoms with van der Waals surface area (Å²) in [5.41, 5.74) is 0.927. The highest BCUT2D eigenvalue weighted by atomic mass is 19.1. The van der Waals surface area contributed by atoms with Crippen LogP contribution in [0.1, 0.15) is 12.0 Å². The molecule has 1 aromatic rings. The molecule has 0 unspecified atom stereocenters. The maximum absolute atomic E-state index is 12.7. The van der Waals surface area contributed by atoms with Gasteiger partial charge >= 0.3 is 0 Å². The lowest BCUT2D eigenvalue weighted by Gasteiger charge is -2.06. The number of hydrogen-bond donors (Lipinski definition) is 2. The quantitative estimate of drug-likeness (QED) is 0.543. The molecule has 5 nitrogen and oxygen atoms in total. The van der Waals surface area contributed by atoms with E-state index in [4.69, 9.17) is 4.74 Å². The Morgan fingerprint density at radius 3 is 2.30 bits per heavy atom. The molecule has 0 radical (unpaired) electrons. The lowest BCUT2D eigenvalue weighted by Crippen LogP contribution is -2.34. The summed E-state index contributed by atoms with van der Waals surface area (Å²) in [6, 6.07) is 6.08. The number of amides is 2. The molecule has 1 rings (SSSR count). The Balaban J connectivity index is 2.16. The number of methoxy groups -OCH3 is 1. The van der Waals surface area contributed by atoms with Gasteiger partial charge in [0, 0.05) is 20.2 Å². The van der Waals surface area contributed by atoms with Crippen molar-refractivity contribution in [2.75, 3.05) is 26.8 Å². The van der Waals surface area contributed by atoms with Gasteiger partial charge in [0.25, 0.3) is 0 Å². The first kappa shape index (κ1) is 16.1. The lowest BCUT2D eigenvalue weighted by atomic mass is 10.1. The van der Waals surface area contributed by atoms with Crippen molar-refractivity contribution < 1.29 is 18.7 Å². The van der Waals surface area contributed by atoms with E-state index in [-0.39, 0.29) is 24.1 Å². The van der Waals surface area contributed by atoms with Crippen LogP contribution in [0.2, 0.25) is 0 Å². The summed E-state index contributed by atoms with van der Waals surface area (Å²) in [4.78, 5) is 22.8. The molecule has 0 bridgehead atoms. The molecule has 1 aromatic carbocycles. The van der Waals surface area contributed by atoms with Crippen LogP contribution in [0.15, 0.2) is 24.3 Å². The van der Waals surface area contributed by atoms with Gasteiger partial charge in [-0.3, -0.25) is 9.59 Å². The highest BCUT2D eigenvalue weighted by Gasteiger charge is 2.08. The van der Waals surface area contributed by atoms with E-state index in [0.717, 1.165) is 5.56 Å². The van der Waals surface area contributed by atoms with E-state index in [9.17, 15) is 14.0 Å². The summed E-state index contributed by atoms with van der Waals surface area (Å²) >= 11 is 0. The molecular weight excluding hydrogens is 263 g/mol. The summed E-state index contributed by atoms with van der Waals surface area (Å²) in [5.74, 6) is -0.950. The molecular formula is C14H19FN2O3. The molecule has 0 aromatic heterocycles. The zero-order valence-corrected chi connectivity index (χ0v) is 11.4. The van der Waals surface area contributed by atoms with Gasteiger partial charge in [-0.1, -0.05) is 12.1 Å². The van der Waals surface area contributed by atoms with Crippen LogP contribution in [-0.2, 0) is 20.7 Å². The van der Waals surface area contributed by atoms with Gasteiger partial charge in [-0.25, -0.2) is 4.39 Å². The van der Waals surface area contributed by atoms with Crippen molar-refractivity contribution in [3.8, 4) is 0 Å². The maximum Gasteiger partial charge on any atom is 0.229 e. The fourth-order valence-electron chi connectivity index (χ4n) is 1.56. The zero-order chi connectivity index (χ0) is 14.8. The third kappa shape index (κ3) is 6.84. The summed E-state index contributed by atoms with van der Waals surface area (Å²) in [5, 5.41) is 5.20. The number of carbonyl (C=O) groups is 2. The summed E-state index contributed by atoms with van der Waals surface area (Å²) in [7, 11) is 1.54. The number of nitrogens with one attached hydrogen (secondary N) is 2. The van der Waals surface area contributed by atoms with E-state index >= 15 is 0 Å². The predicted molar refractivity (Wildman–Crippen MR) is 72.6 cm³/mol. The molecule has 0 saturated carbocycles. The van der Waals surface area contributed by atoms with Crippen molar-refractivity contribution in [1.82, 2.24) is 10.6 Å². The highest BCUT2D eigenvalue weighted by molar-refractivity contribution is 5.96. The molecule has 110 valence electrons. The first-order valence-electron chi connectivity index (χ1n) is 6.38. The highest BCUT2D eigenvalue weighted by Crippen LogP contribution is 2.02. The Kier molecular flexibility index (Phi) is 7.27. The Labute approximate surface area is 117 Å². The summed E-state index contributed by atoms with van der Waals surface area (Å²) in [6.07, 6.45) is 0.393. The number of hydrogen-bond acceptors (Lipinski definition) is 3. The van der Waals surface area contributed by atoms with Crippen LogP contribution in [0.5, 0.6) is 0 Å². The molecule has 2 amide bonds. The lowest BCUT2D eigenvalue weighted by molar-refractivity contribution is -0.129. The van der Waals surface area contributed by atoms with Crippen molar-refractivity contribution >= 4 is 11.8 Å². The molecule has 0 fully saturated rings. The standard InChI is InChI=1S/C14H19FN2O3/c1-20-9-8-17-14(19)10-13(18)16-7-6-11-2-4-12(15)5-3-11/h2-5H,6-10H2,1H3,(H,16,18)(H,17,19). The SMILES string of the molecule is COCCNC(=O)CC(=O)NCCc1ccc(F)cc1. The molecule has 0 aliphatic heterocycles. The van der Waals surface area contributed by atoms with Crippen LogP contribution in [-0.4, -0.2) is 38.6 Å². The van der Waals surface area contributed by atoms with E-state index in [1.54, 1.807) is 12.1 Å². The molecule has 2 N–H and O–H groups in total. The molecule has 0 heterocycles. The second-order valence-corrected chi connectivity index (χ2v) is 4.25.